The van der Waals surface area contributed by atoms with Crippen LogP contribution in [-0.4, -0.2) is 24.6 Å². The maximum absolute atomic E-state index is 10.7. The van der Waals surface area contributed by atoms with E-state index in [0.29, 0.717) is 0 Å². The summed E-state index contributed by atoms with van der Waals surface area (Å²) in [6, 6.07) is 16.7. The Morgan fingerprint density at radius 1 is 1.12 bits per heavy atom. The highest BCUT2D eigenvalue weighted by molar-refractivity contribution is 14.1. The third-order valence-electron chi connectivity index (χ3n) is 3.24. The number of ether oxygens (including phenoxy) is 1. The molecule has 0 aromatic heterocycles. The SMILES string of the molecule is CCC(C)Oc1ccc(-c2ccccc2I)cc1.O=S(=O)(O)C(F)(F)F. The normalized spacial score (nSPS) is 12.7. The van der Waals surface area contributed by atoms with Crippen LogP contribution in [0.2, 0.25) is 0 Å². The zero-order valence-corrected chi connectivity index (χ0v) is 17.0. The molecule has 0 saturated heterocycles. The van der Waals surface area contributed by atoms with Gasteiger partial charge in [0.2, 0.25) is 0 Å². The molecular weight excluding hydrogens is 484 g/mol. The largest absolute Gasteiger partial charge is 0.522 e. The molecule has 2 rings (SSSR count). The van der Waals surface area contributed by atoms with Gasteiger partial charge in [0.15, 0.2) is 0 Å². The average molecular weight is 502 g/mol. The van der Waals surface area contributed by atoms with Crippen molar-refractivity contribution < 1.29 is 30.9 Å². The summed E-state index contributed by atoms with van der Waals surface area (Å²) in [4.78, 5) is 0. The van der Waals surface area contributed by atoms with Gasteiger partial charge in [-0.2, -0.15) is 21.6 Å². The molecule has 0 fully saturated rings. The van der Waals surface area contributed by atoms with Gasteiger partial charge in [0, 0.05) is 3.57 Å². The zero-order chi connectivity index (χ0) is 20.0. The monoisotopic (exact) mass is 502 g/mol. The molecule has 4 nitrogen and oxygen atoms in total. The van der Waals surface area contributed by atoms with Crippen molar-refractivity contribution in [2.45, 2.75) is 31.9 Å². The zero-order valence-electron chi connectivity index (χ0n) is 14.0. The number of benzene rings is 2. The first kappa shape index (κ1) is 22.7. The smallest absolute Gasteiger partial charge is 0.491 e. The van der Waals surface area contributed by atoms with E-state index in [-0.39, 0.29) is 6.10 Å². The topological polar surface area (TPSA) is 63.6 Å². The van der Waals surface area contributed by atoms with Gasteiger partial charge < -0.3 is 4.74 Å². The second kappa shape index (κ2) is 9.56. The fourth-order valence-corrected chi connectivity index (χ4v) is 2.42. The van der Waals surface area contributed by atoms with Crippen molar-refractivity contribution in [1.82, 2.24) is 0 Å². The van der Waals surface area contributed by atoms with Crippen LogP contribution in [0.3, 0.4) is 0 Å². The molecule has 1 N–H and O–H groups in total. The number of rotatable bonds is 4. The molecule has 1 atom stereocenters. The van der Waals surface area contributed by atoms with E-state index in [1.165, 1.54) is 14.7 Å². The summed E-state index contributed by atoms with van der Waals surface area (Å²) in [6.07, 6.45) is 1.30. The first-order valence-corrected chi connectivity index (χ1v) is 10.0. The van der Waals surface area contributed by atoms with Gasteiger partial charge >= 0.3 is 15.6 Å². The molecular formula is C17H18F3IO4S. The molecule has 0 amide bonds. The molecule has 0 aliphatic carbocycles. The van der Waals surface area contributed by atoms with E-state index in [1.54, 1.807) is 0 Å². The van der Waals surface area contributed by atoms with Crippen molar-refractivity contribution in [2.75, 3.05) is 0 Å². The highest BCUT2D eigenvalue weighted by Crippen LogP contribution is 2.27. The van der Waals surface area contributed by atoms with Crippen LogP contribution in [0.5, 0.6) is 5.75 Å². The van der Waals surface area contributed by atoms with E-state index in [9.17, 15) is 13.2 Å². The molecule has 2 aromatic rings. The van der Waals surface area contributed by atoms with Crippen LogP contribution in [0.4, 0.5) is 13.2 Å². The lowest BCUT2D eigenvalue weighted by molar-refractivity contribution is -0.0510. The first-order valence-electron chi connectivity index (χ1n) is 7.51. The van der Waals surface area contributed by atoms with Crippen molar-refractivity contribution in [1.29, 1.82) is 0 Å². The molecule has 2 aromatic carbocycles. The van der Waals surface area contributed by atoms with E-state index >= 15 is 0 Å². The van der Waals surface area contributed by atoms with Crippen LogP contribution in [0.15, 0.2) is 48.5 Å². The molecule has 26 heavy (non-hydrogen) atoms. The van der Waals surface area contributed by atoms with Crippen molar-refractivity contribution in [2.24, 2.45) is 0 Å². The molecule has 0 aliphatic heterocycles. The Hall–Kier alpha value is -1.33. The van der Waals surface area contributed by atoms with Gasteiger partial charge in [0.1, 0.15) is 5.75 Å². The quantitative estimate of drug-likeness (QED) is 0.340. The summed E-state index contributed by atoms with van der Waals surface area (Å²) in [7, 11) is -5.84. The third kappa shape index (κ3) is 7.12. The van der Waals surface area contributed by atoms with Gasteiger partial charge in [-0.25, -0.2) is 0 Å². The van der Waals surface area contributed by atoms with Crippen molar-refractivity contribution in [3.8, 4) is 16.9 Å². The van der Waals surface area contributed by atoms with Gasteiger partial charge in [0.25, 0.3) is 0 Å². The van der Waals surface area contributed by atoms with E-state index in [0.717, 1.165) is 12.2 Å². The maximum atomic E-state index is 10.7. The number of alkyl halides is 3. The minimum atomic E-state index is -5.84. The van der Waals surface area contributed by atoms with E-state index in [4.69, 9.17) is 17.7 Å². The maximum Gasteiger partial charge on any atom is 0.522 e. The highest BCUT2D eigenvalue weighted by atomic mass is 127. The fraction of sp³-hybridized carbons (Fsp3) is 0.294. The predicted octanol–water partition coefficient (Wildman–Crippen LogP) is 5.53. The Morgan fingerprint density at radius 2 is 1.62 bits per heavy atom. The second-order valence-corrected chi connectivity index (χ2v) is 7.84. The molecule has 0 heterocycles. The van der Waals surface area contributed by atoms with E-state index in [1.807, 2.05) is 12.1 Å². The third-order valence-corrected chi connectivity index (χ3v) is 4.77. The van der Waals surface area contributed by atoms with Crippen LogP contribution < -0.4 is 4.74 Å². The number of hydrogen-bond acceptors (Lipinski definition) is 3. The first-order chi connectivity index (χ1) is 12.0. The fourth-order valence-electron chi connectivity index (χ4n) is 1.72. The molecule has 0 aliphatic rings. The lowest BCUT2D eigenvalue weighted by atomic mass is 10.1. The summed E-state index contributed by atoms with van der Waals surface area (Å²) in [5.41, 5.74) is -3.03. The van der Waals surface area contributed by atoms with Crippen LogP contribution >= 0.6 is 22.6 Å². The van der Waals surface area contributed by atoms with E-state index in [2.05, 4.69) is 72.8 Å². The predicted molar refractivity (Wildman–Crippen MR) is 103 cm³/mol. The van der Waals surface area contributed by atoms with Crippen LogP contribution in [0.1, 0.15) is 20.3 Å². The summed E-state index contributed by atoms with van der Waals surface area (Å²) >= 11 is 2.37. The molecule has 144 valence electrons. The van der Waals surface area contributed by atoms with Crippen LogP contribution in [0.25, 0.3) is 11.1 Å². The average Bonchev–Trinajstić information content (AvgIpc) is 2.55. The van der Waals surface area contributed by atoms with Gasteiger partial charge in [-0.15, -0.1) is 0 Å². The molecule has 0 saturated carbocycles. The summed E-state index contributed by atoms with van der Waals surface area (Å²) in [5, 5.41) is 0. The Labute approximate surface area is 164 Å². The molecule has 9 heteroatoms. The van der Waals surface area contributed by atoms with Gasteiger partial charge in [-0.3, -0.25) is 4.55 Å². The van der Waals surface area contributed by atoms with Crippen molar-refractivity contribution >= 4 is 32.7 Å². The Morgan fingerprint density at radius 3 is 2.04 bits per heavy atom. The Kier molecular flexibility index (Phi) is 8.35. The minimum absolute atomic E-state index is 0.271. The van der Waals surface area contributed by atoms with Crippen LogP contribution in [0, 0.1) is 3.57 Å². The Balaban J connectivity index is 0.000000359. The molecule has 1 unspecified atom stereocenters. The minimum Gasteiger partial charge on any atom is -0.491 e. The lowest BCUT2D eigenvalue weighted by Gasteiger charge is -2.13. The number of halogens is 4. The van der Waals surface area contributed by atoms with Gasteiger partial charge in [-0.1, -0.05) is 37.3 Å². The lowest BCUT2D eigenvalue weighted by Crippen LogP contribution is -2.21. The molecule has 0 bridgehead atoms. The molecule has 0 radical (unpaired) electrons. The molecule has 0 spiro atoms. The van der Waals surface area contributed by atoms with E-state index < -0.39 is 15.6 Å². The van der Waals surface area contributed by atoms with Crippen molar-refractivity contribution in [3.63, 3.8) is 0 Å². The summed E-state index contributed by atoms with van der Waals surface area (Å²) < 4.78 is 64.6. The van der Waals surface area contributed by atoms with Gasteiger partial charge in [-0.05, 0) is 65.3 Å². The Bertz CT molecular complexity index is 806. The number of hydrogen-bond donors (Lipinski definition) is 1. The summed E-state index contributed by atoms with van der Waals surface area (Å²) in [5.74, 6) is 0.944. The van der Waals surface area contributed by atoms with Crippen LogP contribution in [-0.2, 0) is 10.1 Å². The van der Waals surface area contributed by atoms with Crippen molar-refractivity contribution in [3.05, 3.63) is 52.1 Å². The summed E-state index contributed by atoms with van der Waals surface area (Å²) in [6.45, 7) is 4.22. The second-order valence-electron chi connectivity index (χ2n) is 5.26. The standard InChI is InChI=1S/C16H17IO.CHF3O3S/c1-3-12(2)18-14-10-8-13(9-11-14)15-6-4-5-7-16(15)17;2-1(3,4)8(5,6)7/h4-12H,3H2,1-2H3;(H,5,6,7). The van der Waals surface area contributed by atoms with Gasteiger partial charge in [0.05, 0.1) is 6.10 Å². The highest BCUT2D eigenvalue weighted by Gasteiger charge is 2.44.